The second-order valence-electron chi connectivity index (χ2n) is 7.94. The Morgan fingerprint density at radius 3 is 2.40 bits per heavy atom. The van der Waals surface area contributed by atoms with Crippen molar-refractivity contribution < 1.29 is 14.0 Å². The average Bonchev–Trinajstić information content (AvgIpc) is 3.36. The summed E-state index contributed by atoms with van der Waals surface area (Å²) in [6.07, 6.45) is 0.536. The van der Waals surface area contributed by atoms with Crippen LogP contribution in [0.3, 0.4) is 0 Å². The van der Waals surface area contributed by atoms with Crippen LogP contribution in [0.1, 0.15) is 23.9 Å². The smallest absolute Gasteiger partial charge is 0.293 e. The van der Waals surface area contributed by atoms with Crippen LogP contribution in [-0.2, 0) is 4.79 Å². The summed E-state index contributed by atoms with van der Waals surface area (Å²) in [5.41, 5.74) is 2.40. The number of piperazine rings is 1. The molecule has 2 heterocycles. The van der Waals surface area contributed by atoms with Crippen molar-refractivity contribution in [2.45, 2.75) is 13.3 Å². The molecule has 182 valence electrons. The first kappa shape index (κ1) is 25.0. The molecule has 0 atom stereocenters. The largest absolute Gasteiger partial charge is 0.451 e. The minimum Gasteiger partial charge on any atom is -0.451 e. The number of amides is 2. The number of rotatable bonds is 5. The molecular formula is C25H24Cl2N4O3S. The lowest BCUT2D eigenvalue weighted by atomic mass is 10.2. The monoisotopic (exact) mass is 530 g/mol. The molecule has 2 aromatic carbocycles. The number of anilines is 2. The van der Waals surface area contributed by atoms with Crippen molar-refractivity contribution in [1.82, 2.24) is 10.2 Å². The summed E-state index contributed by atoms with van der Waals surface area (Å²) in [7, 11) is 0. The van der Waals surface area contributed by atoms with Crippen LogP contribution in [0, 0.1) is 0 Å². The maximum absolute atomic E-state index is 12.6. The summed E-state index contributed by atoms with van der Waals surface area (Å²) in [5, 5.41) is 6.52. The topological polar surface area (TPSA) is 77.8 Å². The van der Waals surface area contributed by atoms with Crippen LogP contribution < -0.4 is 15.5 Å². The van der Waals surface area contributed by atoms with E-state index in [1.807, 2.05) is 36.1 Å². The fourth-order valence-electron chi connectivity index (χ4n) is 3.82. The average molecular weight is 531 g/mol. The highest BCUT2D eigenvalue weighted by Gasteiger charge is 2.20. The Hall–Kier alpha value is -3.07. The molecule has 0 bridgehead atoms. The molecule has 3 aromatic rings. The zero-order valence-electron chi connectivity index (χ0n) is 19.0. The van der Waals surface area contributed by atoms with Gasteiger partial charge in [0.15, 0.2) is 10.9 Å². The van der Waals surface area contributed by atoms with Crippen molar-refractivity contribution in [3.05, 3.63) is 70.4 Å². The van der Waals surface area contributed by atoms with Gasteiger partial charge in [0.05, 0.1) is 10.0 Å². The van der Waals surface area contributed by atoms with Gasteiger partial charge < -0.3 is 19.5 Å². The summed E-state index contributed by atoms with van der Waals surface area (Å²) < 4.78 is 5.66. The Morgan fingerprint density at radius 1 is 1.00 bits per heavy atom. The zero-order valence-corrected chi connectivity index (χ0v) is 21.3. The van der Waals surface area contributed by atoms with Gasteiger partial charge in [-0.3, -0.25) is 14.9 Å². The standard InChI is InChI=1S/C25H24Cl2N4O3S/c1-2-22(32)31-14-12-30(13-15-31)17-8-6-16(7-9-17)28-25(35)29-24(33)21-11-10-20(34-21)18-4-3-5-19(26)23(18)27/h3-11H,2,12-15H2,1H3,(H2,28,29,33,35). The molecule has 0 aliphatic carbocycles. The zero-order chi connectivity index (χ0) is 24.9. The van der Waals surface area contributed by atoms with Crippen molar-refractivity contribution in [3.63, 3.8) is 0 Å². The number of hydrogen-bond donors (Lipinski definition) is 2. The molecule has 0 spiro atoms. The summed E-state index contributed by atoms with van der Waals surface area (Å²) in [6.45, 7) is 4.91. The first-order valence-electron chi connectivity index (χ1n) is 11.1. The Balaban J connectivity index is 1.31. The number of thiocarbonyl (C=S) groups is 1. The number of nitrogens with zero attached hydrogens (tertiary/aromatic N) is 2. The first-order valence-corrected chi connectivity index (χ1v) is 12.3. The van der Waals surface area contributed by atoms with Crippen molar-refractivity contribution in [1.29, 1.82) is 0 Å². The van der Waals surface area contributed by atoms with Crippen molar-refractivity contribution in [3.8, 4) is 11.3 Å². The molecule has 1 fully saturated rings. The SMILES string of the molecule is CCC(=O)N1CCN(c2ccc(NC(=S)NC(=O)c3ccc(-c4cccc(Cl)c4Cl)o3)cc2)CC1. The Kier molecular flexibility index (Phi) is 7.95. The molecule has 1 saturated heterocycles. The van der Waals surface area contributed by atoms with E-state index in [1.165, 1.54) is 0 Å². The molecule has 4 rings (SSSR count). The Bertz CT molecular complexity index is 1240. The number of carbonyl (C=O) groups is 2. The van der Waals surface area contributed by atoms with Gasteiger partial charge >= 0.3 is 0 Å². The van der Waals surface area contributed by atoms with Gasteiger partial charge in [0, 0.05) is 49.5 Å². The molecule has 7 nitrogen and oxygen atoms in total. The molecule has 0 saturated carbocycles. The highest BCUT2D eigenvalue weighted by Crippen LogP contribution is 2.34. The second kappa shape index (κ2) is 11.1. The molecule has 1 aliphatic rings. The van der Waals surface area contributed by atoms with Crippen LogP contribution in [0.2, 0.25) is 10.0 Å². The van der Waals surface area contributed by atoms with E-state index in [1.54, 1.807) is 30.3 Å². The maximum atomic E-state index is 12.6. The predicted molar refractivity (Wildman–Crippen MR) is 143 cm³/mol. The molecule has 0 radical (unpaired) electrons. The van der Waals surface area contributed by atoms with Crippen LogP contribution in [-0.4, -0.2) is 48.0 Å². The molecule has 1 aromatic heterocycles. The fourth-order valence-corrected chi connectivity index (χ4v) is 4.42. The van der Waals surface area contributed by atoms with Crippen LogP contribution in [0.15, 0.2) is 59.0 Å². The minimum atomic E-state index is -0.483. The van der Waals surface area contributed by atoms with Crippen LogP contribution >= 0.6 is 35.4 Å². The van der Waals surface area contributed by atoms with Crippen molar-refractivity contribution in [2.75, 3.05) is 36.4 Å². The van der Waals surface area contributed by atoms with Gasteiger partial charge in [0.25, 0.3) is 5.91 Å². The normalized spacial score (nSPS) is 13.5. The fraction of sp³-hybridized carbons (Fsp3) is 0.240. The number of benzene rings is 2. The highest BCUT2D eigenvalue weighted by atomic mass is 35.5. The van der Waals surface area contributed by atoms with Gasteiger partial charge in [0.2, 0.25) is 5.91 Å². The lowest BCUT2D eigenvalue weighted by Crippen LogP contribution is -2.48. The van der Waals surface area contributed by atoms with Gasteiger partial charge in [-0.25, -0.2) is 0 Å². The Morgan fingerprint density at radius 2 is 1.71 bits per heavy atom. The lowest BCUT2D eigenvalue weighted by Gasteiger charge is -2.36. The highest BCUT2D eigenvalue weighted by molar-refractivity contribution is 7.80. The molecule has 35 heavy (non-hydrogen) atoms. The first-order chi connectivity index (χ1) is 16.9. The Labute approximate surface area is 219 Å². The quantitative estimate of drug-likeness (QED) is 0.427. The third-order valence-corrected chi connectivity index (χ3v) is 6.72. The van der Waals surface area contributed by atoms with Crippen LogP contribution in [0.5, 0.6) is 0 Å². The molecule has 2 amide bonds. The third kappa shape index (κ3) is 5.96. The number of furan rings is 1. The van der Waals surface area contributed by atoms with E-state index >= 15 is 0 Å². The number of hydrogen-bond acceptors (Lipinski definition) is 5. The van der Waals surface area contributed by atoms with Crippen molar-refractivity contribution >= 4 is 63.7 Å². The van der Waals surface area contributed by atoms with E-state index in [9.17, 15) is 9.59 Å². The summed E-state index contributed by atoms with van der Waals surface area (Å²) >= 11 is 17.6. The predicted octanol–water partition coefficient (Wildman–Crippen LogP) is 5.44. The van der Waals surface area contributed by atoms with E-state index in [0.29, 0.717) is 27.8 Å². The van der Waals surface area contributed by atoms with Gasteiger partial charge in [-0.05, 0) is 60.7 Å². The van der Waals surface area contributed by atoms with E-state index in [4.69, 9.17) is 39.8 Å². The van der Waals surface area contributed by atoms with E-state index in [0.717, 1.165) is 37.6 Å². The molecule has 2 N–H and O–H groups in total. The van der Waals surface area contributed by atoms with Crippen molar-refractivity contribution in [2.24, 2.45) is 0 Å². The molecular weight excluding hydrogens is 507 g/mol. The molecule has 10 heteroatoms. The van der Waals surface area contributed by atoms with Gasteiger partial charge in [-0.15, -0.1) is 0 Å². The number of halogens is 2. The van der Waals surface area contributed by atoms with E-state index < -0.39 is 5.91 Å². The van der Waals surface area contributed by atoms with Gasteiger partial charge in [-0.2, -0.15) is 0 Å². The van der Waals surface area contributed by atoms with E-state index in [-0.39, 0.29) is 16.8 Å². The summed E-state index contributed by atoms with van der Waals surface area (Å²) in [5.74, 6) is 0.232. The summed E-state index contributed by atoms with van der Waals surface area (Å²) in [6, 6.07) is 16.1. The summed E-state index contributed by atoms with van der Waals surface area (Å²) in [4.78, 5) is 28.6. The van der Waals surface area contributed by atoms with Gasteiger partial charge in [0.1, 0.15) is 5.76 Å². The number of nitrogens with one attached hydrogen (secondary N) is 2. The van der Waals surface area contributed by atoms with Crippen LogP contribution in [0.25, 0.3) is 11.3 Å². The molecule has 0 unspecified atom stereocenters. The molecule has 1 aliphatic heterocycles. The second-order valence-corrected chi connectivity index (χ2v) is 9.14. The van der Waals surface area contributed by atoms with E-state index in [2.05, 4.69) is 15.5 Å². The van der Waals surface area contributed by atoms with Gasteiger partial charge in [-0.1, -0.05) is 36.2 Å². The minimum absolute atomic E-state index is 0.0937. The number of carbonyl (C=O) groups excluding carboxylic acids is 2. The third-order valence-electron chi connectivity index (χ3n) is 5.70. The van der Waals surface area contributed by atoms with Crippen LogP contribution in [0.4, 0.5) is 11.4 Å². The maximum Gasteiger partial charge on any atom is 0.293 e. The lowest BCUT2D eigenvalue weighted by molar-refractivity contribution is -0.131.